The summed E-state index contributed by atoms with van der Waals surface area (Å²) in [7, 11) is 0. The van der Waals surface area contributed by atoms with E-state index in [1.807, 2.05) is 36.4 Å². The number of carbonyl (C=O) groups excluding carboxylic acids is 1. The fraction of sp³-hybridized carbons (Fsp3) is 0.286. The van der Waals surface area contributed by atoms with E-state index in [9.17, 15) is 4.79 Å². The second-order valence-corrected chi connectivity index (χ2v) is 6.50. The molecule has 5 heteroatoms. The first-order valence-electron chi connectivity index (χ1n) is 9.02. The maximum Gasteiger partial charge on any atom is 0.248 e. The van der Waals surface area contributed by atoms with Gasteiger partial charge in [0.15, 0.2) is 11.5 Å². The van der Waals surface area contributed by atoms with Crippen LogP contribution in [0.4, 0.5) is 11.4 Å². The molecule has 0 aliphatic carbocycles. The third-order valence-corrected chi connectivity index (χ3v) is 4.68. The molecule has 1 N–H and O–H groups in total. The van der Waals surface area contributed by atoms with Gasteiger partial charge in [-0.2, -0.15) is 0 Å². The number of amides is 1. The highest BCUT2D eigenvalue weighted by atomic mass is 16.7. The van der Waals surface area contributed by atoms with Crippen LogP contribution in [0.25, 0.3) is 6.08 Å². The summed E-state index contributed by atoms with van der Waals surface area (Å²) in [6.45, 7) is 2.33. The molecule has 0 atom stereocenters. The molecule has 0 spiro atoms. The molecule has 26 heavy (non-hydrogen) atoms. The molecule has 2 aromatic rings. The van der Waals surface area contributed by atoms with Gasteiger partial charge >= 0.3 is 0 Å². The first-order valence-corrected chi connectivity index (χ1v) is 9.02. The van der Waals surface area contributed by atoms with Gasteiger partial charge in [-0.1, -0.05) is 18.2 Å². The average molecular weight is 350 g/mol. The van der Waals surface area contributed by atoms with Crippen molar-refractivity contribution in [2.75, 3.05) is 30.1 Å². The standard InChI is InChI=1S/C21H22N2O3/c24-21(11-9-16-8-10-19-20(14-16)26-15-25-19)22-17-6-2-3-7-18(17)23-12-4-1-5-13-23/h2-3,6-11,14H,1,4-5,12-13,15H2,(H,22,24)/b11-9+. The van der Waals surface area contributed by atoms with Gasteiger partial charge in [-0.3, -0.25) is 4.79 Å². The van der Waals surface area contributed by atoms with Crippen molar-refractivity contribution in [3.63, 3.8) is 0 Å². The molecule has 4 rings (SSSR count). The van der Waals surface area contributed by atoms with Crippen LogP contribution in [0.15, 0.2) is 48.5 Å². The Hall–Kier alpha value is -2.95. The summed E-state index contributed by atoms with van der Waals surface area (Å²) >= 11 is 0. The van der Waals surface area contributed by atoms with Crippen LogP contribution in [0, 0.1) is 0 Å². The summed E-state index contributed by atoms with van der Waals surface area (Å²) in [5.41, 5.74) is 2.85. The Bertz CT molecular complexity index is 826. The number of piperidine rings is 1. The molecule has 1 amide bonds. The zero-order chi connectivity index (χ0) is 17.8. The van der Waals surface area contributed by atoms with Crippen molar-refractivity contribution in [3.8, 4) is 11.5 Å². The summed E-state index contributed by atoms with van der Waals surface area (Å²) in [6, 6.07) is 13.6. The van der Waals surface area contributed by atoms with Crippen LogP contribution in [0.3, 0.4) is 0 Å². The maximum atomic E-state index is 12.4. The average Bonchev–Trinajstić information content (AvgIpc) is 3.15. The molecule has 0 unspecified atom stereocenters. The molecule has 134 valence electrons. The molecule has 0 saturated carbocycles. The zero-order valence-corrected chi connectivity index (χ0v) is 14.6. The van der Waals surface area contributed by atoms with Gasteiger partial charge in [-0.25, -0.2) is 0 Å². The van der Waals surface area contributed by atoms with Gasteiger partial charge in [0, 0.05) is 19.2 Å². The fourth-order valence-corrected chi connectivity index (χ4v) is 3.35. The van der Waals surface area contributed by atoms with E-state index >= 15 is 0 Å². The Balaban J connectivity index is 1.45. The van der Waals surface area contributed by atoms with E-state index in [1.54, 1.807) is 12.2 Å². The number of nitrogens with one attached hydrogen (secondary N) is 1. The lowest BCUT2D eigenvalue weighted by atomic mass is 10.1. The Labute approximate surface area is 153 Å². The van der Waals surface area contributed by atoms with Gasteiger partial charge in [-0.15, -0.1) is 0 Å². The molecule has 1 fully saturated rings. The number of nitrogens with zero attached hydrogens (tertiary/aromatic N) is 1. The second kappa shape index (κ2) is 7.52. The molecule has 0 radical (unpaired) electrons. The monoisotopic (exact) mass is 350 g/mol. The topological polar surface area (TPSA) is 50.8 Å². The molecule has 0 bridgehead atoms. The number of carbonyl (C=O) groups is 1. The molecular weight excluding hydrogens is 328 g/mol. The quantitative estimate of drug-likeness (QED) is 0.845. The van der Waals surface area contributed by atoms with Crippen molar-refractivity contribution in [2.24, 2.45) is 0 Å². The lowest BCUT2D eigenvalue weighted by Gasteiger charge is -2.30. The number of anilines is 2. The number of para-hydroxylation sites is 2. The van der Waals surface area contributed by atoms with Crippen molar-refractivity contribution < 1.29 is 14.3 Å². The van der Waals surface area contributed by atoms with Gasteiger partial charge in [0.05, 0.1) is 11.4 Å². The normalized spacial score (nSPS) is 16.1. The van der Waals surface area contributed by atoms with Crippen LogP contribution in [0.5, 0.6) is 11.5 Å². The van der Waals surface area contributed by atoms with Gasteiger partial charge < -0.3 is 19.7 Å². The number of hydrogen-bond donors (Lipinski definition) is 1. The van der Waals surface area contributed by atoms with Crippen molar-refractivity contribution in [1.29, 1.82) is 0 Å². The summed E-state index contributed by atoms with van der Waals surface area (Å²) in [6.07, 6.45) is 7.01. The predicted molar refractivity (Wildman–Crippen MR) is 103 cm³/mol. The SMILES string of the molecule is O=C(/C=C/c1ccc2c(c1)OCO2)Nc1ccccc1N1CCCCC1. The van der Waals surface area contributed by atoms with Crippen molar-refractivity contribution >= 4 is 23.4 Å². The predicted octanol–water partition coefficient (Wildman–Crippen LogP) is 4.06. The lowest BCUT2D eigenvalue weighted by molar-refractivity contribution is -0.111. The van der Waals surface area contributed by atoms with E-state index in [0.717, 1.165) is 35.8 Å². The first kappa shape index (κ1) is 16.5. The van der Waals surface area contributed by atoms with Crippen LogP contribution >= 0.6 is 0 Å². The van der Waals surface area contributed by atoms with E-state index in [4.69, 9.17) is 9.47 Å². The molecule has 5 nitrogen and oxygen atoms in total. The van der Waals surface area contributed by atoms with Crippen LogP contribution in [-0.4, -0.2) is 25.8 Å². The zero-order valence-electron chi connectivity index (χ0n) is 14.6. The van der Waals surface area contributed by atoms with Crippen LogP contribution in [-0.2, 0) is 4.79 Å². The molecule has 2 aromatic carbocycles. The second-order valence-electron chi connectivity index (χ2n) is 6.50. The van der Waals surface area contributed by atoms with E-state index < -0.39 is 0 Å². The van der Waals surface area contributed by atoms with Crippen LogP contribution in [0.1, 0.15) is 24.8 Å². The number of hydrogen-bond acceptors (Lipinski definition) is 4. The number of benzene rings is 2. The number of fused-ring (bicyclic) bond motifs is 1. The smallest absolute Gasteiger partial charge is 0.248 e. The van der Waals surface area contributed by atoms with Gasteiger partial charge in [0.2, 0.25) is 12.7 Å². The molecule has 1 saturated heterocycles. The number of ether oxygens (including phenoxy) is 2. The summed E-state index contributed by atoms with van der Waals surface area (Å²) in [5, 5.41) is 3.01. The molecule has 0 aromatic heterocycles. The van der Waals surface area contributed by atoms with Gasteiger partial charge in [0.1, 0.15) is 0 Å². The summed E-state index contributed by atoms with van der Waals surface area (Å²) in [4.78, 5) is 14.7. The largest absolute Gasteiger partial charge is 0.454 e. The highest BCUT2D eigenvalue weighted by molar-refractivity contribution is 6.03. The minimum Gasteiger partial charge on any atom is -0.454 e. The van der Waals surface area contributed by atoms with Gasteiger partial charge in [0.25, 0.3) is 0 Å². The van der Waals surface area contributed by atoms with Crippen LogP contribution in [0.2, 0.25) is 0 Å². The Morgan fingerprint density at radius 3 is 2.69 bits per heavy atom. The first-order chi connectivity index (χ1) is 12.8. The third kappa shape index (κ3) is 3.67. The molecular formula is C21H22N2O3. The highest BCUT2D eigenvalue weighted by Gasteiger charge is 2.15. The van der Waals surface area contributed by atoms with Crippen LogP contribution < -0.4 is 19.7 Å². The number of rotatable bonds is 4. The Morgan fingerprint density at radius 2 is 1.81 bits per heavy atom. The van der Waals surface area contributed by atoms with Crippen molar-refractivity contribution in [2.45, 2.75) is 19.3 Å². The van der Waals surface area contributed by atoms with E-state index in [2.05, 4.69) is 16.3 Å². The van der Waals surface area contributed by atoms with Crippen molar-refractivity contribution in [1.82, 2.24) is 0 Å². The van der Waals surface area contributed by atoms with E-state index in [-0.39, 0.29) is 12.7 Å². The molecule has 2 aliphatic rings. The molecule has 2 heterocycles. The fourth-order valence-electron chi connectivity index (χ4n) is 3.35. The summed E-state index contributed by atoms with van der Waals surface area (Å²) in [5.74, 6) is 1.30. The minimum atomic E-state index is -0.146. The Morgan fingerprint density at radius 1 is 1.00 bits per heavy atom. The third-order valence-electron chi connectivity index (χ3n) is 4.68. The lowest BCUT2D eigenvalue weighted by Crippen LogP contribution is -2.30. The minimum absolute atomic E-state index is 0.146. The van der Waals surface area contributed by atoms with E-state index in [0.29, 0.717) is 5.75 Å². The summed E-state index contributed by atoms with van der Waals surface area (Å²) < 4.78 is 10.7. The highest BCUT2D eigenvalue weighted by Crippen LogP contribution is 2.33. The Kier molecular flexibility index (Phi) is 4.78. The maximum absolute atomic E-state index is 12.4. The molecule has 2 aliphatic heterocycles. The van der Waals surface area contributed by atoms with Crippen molar-refractivity contribution in [3.05, 3.63) is 54.1 Å². The van der Waals surface area contributed by atoms with Gasteiger partial charge in [-0.05, 0) is 55.2 Å². The van der Waals surface area contributed by atoms with E-state index in [1.165, 1.54) is 19.3 Å².